The summed E-state index contributed by atoms with van der Waals surface area (Å²) in [7, 11) is 0. The predicted octanol–water partition coefficient (Wildman–Crippen LogP) is 4.17. The second kappa shape index (κ2) is 7.89. The number of aromatic nitrogens is 2. The molecule has 0 amide bonds. The molecule has 1 heterocycles. The van der Waals surface area contributed by atoms with Crippen molar-refractivity contribution in [3.63, 3.8) is 0 Å². The van der Waals surface area contributed by atoms with Gasteiger partial charge in [-0.05, 0) is 48.6 Å². The summed E-state index contributed by atoms with van der Waals surface area (Å²) in [6, 6.07) is 10.5. The largest absolute Gasteiger partial charge is 0.481 e. The first kappa shape index (κ1) is 19.5. The van der Waals surface area contributed by atoms with Crippen LogP contribution in [0.25, 0.3) is 5.69 Å². The van der Waals surface area contributed by atoms with Crippen LogP contribution in [-0.2, 0) is 4.79 Å². The van der Waals surface area contributed by atoms with Crippen molar-refractivity contribution >= 4 is 35.0 Å². The lowest BCUT2D eigenvalue weighted by Gasteiger charge is -2.10. The zero-order valence-electron chi connectivity index (χ0n) is 15.2. The first-order valence-electron chi connectivity index (χ1n) is 9.01. The molecule has 6 nitrogen and oxygen atoms in total. The normalized spacial score (nSPS) is 13.3. The van der Waals surface area contributed by atoms with Crippen LogP contribution in [0.1, 0.15) is 40.2 Å². The Kier molecular flexibility index (Phi) is 5.30. The van der Waals surface area contributed by atoms with E-state index in [1.807, 2.05) is 6.07 Å². The minimum atomic E-state index is -1.11. The van der Waals surface area contributed by atoms with Gasteiger partial charge < -0.3 is 9.84 Å². The number of hydrogen-bond donors (Lipinski definition) is 2. The summed E-state index contributed by atoms with van der Waals surface area (Å²) >= 11 is 12.5. The fourth-order valence-corrected chi connectivity index (χ4v) is 3.72. The number of nitrogens with zero attached hydrogens (tertiary/aromatic N) is 1. The molecule has 3 aromatic rings. The number of carboxylic acid groups (broad SMARTS) is 1. The van der Waals surface area contributed by atoms with Gasteiger partial charge in [0.1, 0.15) is 21.4 Å². The number of ketones is 1. The van der Waals surface area contributed by atoms with Crippen LogP contribution in [-0.4, -0.2) is 28.6 Å². The molecule has 1 saturated carbocycles. The van der Waals surface area contributed by atoms with Gasteiger partial charge in [0.15, 0.2) is 6.61 Å². The third kappa shape index (κ3) is 4.13. The zero-order chi connectivity index (χ0) is 20.5. The first-order valence-corrected chi connectivity index (χ1v) is 9.77. The van der Waals surface area contributed by atoms with Crippen LogP contribution in [0.4, 0.5) is 0 Å². The molecule has 4 rings (SSSR count). The molecule has 0 bridgehead atoms. The Morgan fingerprint density at radius 3 is 2.55 bits per heavy atom. The van der Waals surface area contributed by atoms with Gasteiger partial charge in [0.25, 0.3) is 5.69 Å². The Morgan fingerprint density at radius 1 is 1.17 bits per heavy atom. The molecule has 0 spiro atoms. The zero-order valence-corrected chi connectivity index (χ0v) is 16.7. The van der Waals surface area contributed by atoms with Crippen LogP contribution in [0.15, 0.2) is 48.8 Å². The minimum Gasteiger partial charge on any atom is -0.481 e. The maximum absolute atomic E-state index is 13.2. The number of hydrogen-bond acceptors (Lipinski definition) is 3. The topological polar surface area (TPSA) is 83.3 Å². The molecule has 1 aliphatic carbocycles. The van der Waals surface area contributed by atoms with E-state index < -0.39 is 12.6 Å². The Balaban J connectivity index is 1.70. The fourth-order valence-electron chi connectivity index (χ4n) is 3.14. The van der Waals surface area contributed by atoms with E-state index in [0.717, 1.165) is 18.4 Å². The number of carbonyl (C=O) groups is 2. The molecular formula is C21H17Cl2N2O4+. The first-order chi connectivity index (χ1) is 13.9. The van der Waals surface area contributed by atoms with Crippen molar-refractivity contribution in [2.75, 3.05) is 6.61 Å². The van der Waals surface area contributed by atoms with Crippen molar-refractivity contribution < 1.29 is 24.1 Å². The maximum Gasteiger partial charge on any atom is 0.341 e. The van der Waals surface area contributed by atoms with Gasteiger partial charge in [-0.2, -0.15) is 5.10 Å². The molecule has 1 aromatic heterocycles. The number of rotatable bonds is 7. The summed E-state index contributed by atoms with van der Waals surface area (Å²) < 4.78 is 6.92. The molecular weight excluding hydrogens is 415 g/mol. The number of aliphatic carboxylic acids is 1. The molecule has 2 aromatic carbocycles. The molecule has 0 atom stereocenters. The maximum atomic E-state index is 13.2. The van der Waals surface area contributed by atoms with Crippen molar-refractivity contribution in [1.82, 2.24) is 5.10 Å². The molecule has 148 valence electrons. The van der Waals surface area contributed by atoms with Crippen LogP contribution in [0.5, 0.6) is 5.75 Å². The number of carboxylic acids is 1. The van der Waals surface area contributed by atoms with Gasteiger partial charge in [0.05, 0.1) is 11.8 Å². The van der Waals surface area contributed by atoms with E-state index in [1.165, 1.54) is 0 Å². The van der Waals surface area contributed by atoms with Crippen molar-refractivity contribution in [1.29, 1.82) is 0 Å². The Morgan fingerprint density at radius 2 is 1.90 bits per heavy atom. The molecule has 0 radical (unpaired) electrons. The van der Waals surface area contributed by atoms with Crippen LogP contribution in [0.3, 0.4) is 0 Å². The van der Waals surface area contributed by atoms with Crippen molar-refractivity contribution in [3.05, 3.63) is 75.5 Å². The summed E-state index contributed by atoms with van der Waals surface area (Å²) in [6.07, 6.45) is 5.31. The highest BCUT2D eigenvalue weighted by atomic mass is 35.5. The number of H-pyrrole nitrogens is 1. The lowest BCUT2D eigenvalue weighted by molar-refractivity contribution is -0.655. The second-order valence-corrected chi connectivity index (χ2v) is 7.65. The van der Waals surface area contributed by atoms with Crippen LogP contribution < -0.4 is 9.42 Å². The van der Waals surface area contributed by atoms with Crippen LogP contribution in [0.2, 0.25) is 10.0 Å². The summed E-state index contributed by atoms with van der Waals surface area (Å²) in [6.45, 7) is -0.522. The van der Waals surface area contributed by atoms with Gasteiger partial charge in [-0.25, -0.2) is 4.79 Å². The molecule has 2 N–H and O–H groups in total. The van der Waals surface area contributed by atoms with E-state index in [-0.39, 0.29) is 11.5 Å². The summed E-state index contributed by atoms with van der Waals surface area (Å²) in [4.78, 5) is 24.1. The van der Waals surface area contributed by atoms with Crippen molar-refractivity contribution in [2.24, 2.45) is 0 Å². The fraction of sp³-hybridized carbons (Fsp3) is 0.190. The molecule has 0 aliphatic heterocycles. The van der Waals surface area contributed by atoms with Gasteiger partial charge in [-0.1, -0.05) is 40.0 Å². The number of halogens is 2. The molecule has 8 heteroatoms. The van der Waals surface area contributed by atoms with Gasteiger partial charge in [0, 0.05) is 0 Å². The van der Waals surface area contributed by atoms with E-state index in [0.29, 0.717) is 32.8 Å². The van der Waals surface area contributed by atoms with Crippen LogP contribution >= 0.6 is 23.2 Å². The highest BCUT2D eigenvalue weighted by Crippen LogP contribution is 2.41. The Bertz CT molecular complexity index is 1090. The number of carbonyl (C=O) groups excluding carboxylic acids is 1. The van der Waals surface area contributed by atoms with Crippen LogP contribution in [0, 0.1) is 0 Å². The lowest BCUT2D eigenvalue weighted by atomic mass is 10.0. The predicted molar refractivity (Wildman–Crippen MR) is 107 cm³/mol. The van der Waals surface area contributed by atoms with Gasteiger partial charge >= 0.3 is 5.97 Å². The average Bonchev–Trinajstić information content (AvgIpc) is 3.43. The van der Waals surface area contributed by atoms with Gasteiger partial charge in [-0.15, -0.1) is 0 Å². The van der Waals surface area contributed by atoms with E-state index in [4.69, 9.17) is 33.0 Å². The number of para-hydroxylation sites is 1. The van der Waals surface area contributed by atoms with Gasteiger partial charge in [0.2, 0.25) is 12.0 Å². The van der Waals surface area contributed by atoms with Crippen molar-refractivity contribution in [2.45, 2.75) is 18.8 Å². The molecule has 1 aliphatic rings. The monoisotopic (exact) mass is 431 g/mol. The lowest BCUT2D eigenvalue weighted by Crippen LogP contribution is -2.32. The summed E-state index contributed by atoms with van der Waals surface area (Å²) in [5.74, 6) is -0.716. The number of nitrogens with one attached hydrogen (secondary N) is 1. The van der Waals surface area contributed by atoms with E-state index in [9.17, 15) is 9.59 Å². The molecule has 0 saturated heterocycles. The third-order valence-electron chi connectivity index (χ3n) is 4.72. The highest BCUT2D eigenvalue weighted by molar-refractivity contribution is 6.37. The Labute approximate surface area is 176 Å². The summed E-state index contributed by atoms with van der Waals surface area (Å²) in [5.41, 5.74) is 2.28. The van der Waals surface area contributed by atoms with Gasteiger partial charge in [-0.3, -0.25) is 4.79 Å². The average molecular weight is 432 g/mol. The van der Waals surface area contributed by atoms with E-state index in [2.05, 4.69) is 5.10 Å². The van der Waals surface area contributed by atoms with Crippen molar-refractivity contribution in [3.8, 4) is 11.4 Å². The third-order valence-corrected chi connectivity index (χ3v) is 5.33. The quantitative estimate of drug-likeness (QED) is 0.434. The smallest absolute Gasteiger partial charge is 0.341 e. The SMILES string of the molecule is O=C(O)COc1ccc(C2CC2)cc1C(=O)c1c[nH][n+](-c2c(Cl)cccc2Cl)c1. The molecule has 29 heavy (non-hydrogen) atoms. The number of aromatic amines is 1. The molecule has 1 fully saturated rings. The standard InChI is InChI=1S/C21H16Cl2N2O4/c22-16-2-1-3-17(23)20(16)25-10-14(9-24-25)21(28)15-8-13(12-4-5-12)6-7-18(15)29-11-19(26)27/h1-3,6-10,12H,4-5,11H2,(H,26,27)/p+1. The summed E-state index contributed by atoms with van der Waals surface area (Å²) in [5, 5.41) is 12.7. The second-order valence-electron chi connectivity index (χ2n) is 6.84. The highest BCUT2D eigenvalue weighted by Gasteiger charge is 2.28. The molecule has 0 unspecified atom stereocenters. The van der Waals surface area contributed by atoms with E-state index in [1.54, 1.807) is 47.4 Å². The number of benzene rings is 2. The number of ether oxygens (including phenoxy) is 1. The van der Waals surface area contributed by atoms with E-state index >= 15 is 0 Å². The minimum absolute atomic E-state index is 0.241. The Hall–Kier alpha value is -2.83.